The maximum atomic E-state index is 12.4. The molecule has 1 amide bonds. The summed E-state index contributed by atoms with van der Waals surface area (Å²) in [7, 11) is 4.17. The van der Waals surface area contributed by atoms with Gasteiger partial charge in [0.25, 0.3) is 0 Å². The highest BCUT2D eigenvalue weighted by Crippen LogP contribution is 2.15. The Morgan fingerprint density at radius 2 is 0.852 bits per heavy atom. The average molecular weight is 383 g/mol. The summed E-state index contributed by atoms with van der Waals surface area (Å²) in [5, 5.41) is 0. The van der Waals surface area contributed by atoms with Crippen LogP contribution in [-0.2, 0) is 4.79 Å². The molecule has 0 rings (SSSR count). The number of hydrogen-bond acceptors (Lipinski definition) is 1. The van der Waals surface area contributed by atoms with Gasteiger partial charge in [0.15, 0.2) is 0 Å². The van der Waals surface area contributed by atoms with Gasteiger partial charge < -0.3 is 0 Å². The zero-order valence-electron chi connectivity index (χ0n) is 19.5. The minimum absolute atomic E-state index is 0.431. The van der Waals surface area contributed by atoms with Crippen molar-refractivity contribution >= 4 is 5.91 Å². The first-order chi connectivity index (χ1) is 13.0. The van der Waals surface area contributed by atoms with Gasteiger partial charge in [-0.1, -0.05) is 110 Å². The molecule has 0 aromatic carbocycles. The van der Waals surface area contributed by atoms with Crippen LogP contribution < -0.4 is 0 Å². The van der Waals surface area contributed by atoms with Crippen molar-refractivity contribution in [1.82, 2.24) is 0 Å². The minimum atomic E-state index is 0.431. The fraction of sp³-hybridized carbons (Fsp3) is 0.960. The van der Waals surface area contributed by atoms with Gasteiger partial charge in [0, 0.05) is 0 Å². The number of rotatable bonds is 20. The molecule has 0 spiro atoms. The number of quaternary nitrogens is 1. The quantitative estimate of drug-likeness (QED) is 0.154. The third kappa shape index (κ3) is 17.5. The molecule has 0 aromatic heterocycles. The van der Waals surface area contributed by atoms with E-state index in [1.165, 1.54) is 109 Å². The van der Waals surface area contributed by atoms with E-state index in [-0.39, 0.29) is 0 Å². The topological polar surface area (TPSA) is 17.1 Å². The second kappa shape index (κ2) is 19.0. The molecule has 0 radical (unpaired) electrons. The van der Waals surface area contributed by atoms with E-state index in [4.69, 9.17) is 0 Å². The van der Waals surface area contributed by atoms with E-state index in [0.29, 0.717) is 10.4 Å². The molecule has 0 unspecified atom stereocenters. The lowest BCUT2D eigenvalue weighted by molar-refractivity contribution is -0.814. The molecule has 0 heterocycles. The van der Waals surface area contributed by atoms with Crippen molar-refractivity contribution in [3.8, 4) is 0 Å². The Labute approximate surface area is 172 Å². The van der Waals surface area contributed by atoms with Gasteiger partial charge in [0.2, 0.25) is 0 Å². The summed E-state index contributed by atoms with van der Waals surface area (Å²) in [6.07, 6.45) is 25.1. The number of amides is 1. The maximum Gasteiger partial charge on any atom is 0.313 e. The van der Waals surface area contributed by atoms with E-state index in [9.17, 15) is 4.79 Å². The molecule has 27 heavy (non-hydrogen) atoms. The van der Waals surface area contributed by atoms with E-state index in [0.717, 1.165) is 19.4 Å². The molecule has 0 aliphatic heterocycles. The summed E-state index contributed by atoms with van der Waals surface area (Å²) < 4.78 is 0.582. The molecule has 2 heteroatoms. The largest absolute Gasteiger partial charge is 0.313 e. The molecule has 2 nitrogen and oxygen atoms in total. The van der Waals surface area contributed by atoms with Crippen LogP contribution in [0, 0.1) is 0 Å². The highest BCUT2D eigenvalue weighted by atomic mass is 16.2. The summed E-state index contributed by atoms with van der Waals surface area (Å²) >= 11 is 0. The van der Waals surface area contributed by atoms with Gasteiger partial charge in [-0.3, -0.25) is 4.48 Å². The summed E-state index contributed by atoms with van der Waals surface area (Å²) in [5.74, 6) is 0.431. The molecule has 0 N–H and O–H groups in total. The van der Waals surface area contributed by atoms with E-state index >= 15 is 0 Å². The Bertz CT molecular complexity index is 324. The van der Waals surface area contributed by atoms with Gasteiger partial charge in [-0.2, -0.15) is 0 Å². The summed E-state index contributed by atoms with van der Waals surface area (Å²) in [5.41, 5.74) is 0. The lowest BCUT2D eigenvalue weighted by Gasteiger charge is -2.26. The van der Waals surface area contributed by atoms with Gasteiger partial charge in [-0.15, -0.1) is 0 Å². The van der Waals surface area contributed by atoms with Crippen LogP contribution in [0.1, 0.15) is 136 Å². The fourth-order valence-corrected chi connectivity index (χ4v) is 3.83. The fourth-order valence-electron chi connectivity index (χ4n) is 3.83. The van der Waals surface area contributed by atoms with Gasteiger partial charge in [-0.05, 0) is 19.3 Å². The van der Waals surface area contributed by atoms with Crippen LogP contribution in [0.15, 0.2) is 0 Å². The average Bonchev–Trinajstić information content (AvgIpc) is 2.64. The highest BCUT2D eigenvalue weighted by molar-refractivity contribution is 5.68. The molecular weight excluding hydrogens is 330 g/mol. The van der Waals surface area contributed by atoms with Crippen LogP contribution in [0.4, 0.5) is 0 Å². The first-order valence-corrected chi connectivity index (χ1v) is 12.4. The minimum Gasteiger partial charge on any atom is -0.265 e. The number of nitrogens with zero attached hydrogens (tertiary/aromatic N) is 1. The second-order valence-corrected chi connectivity index (χ2v) is 9.21. The van der Waals surface area contributed by atoms with Crippen LogP contribution >= 0.6 is 0 Å². The second-order valence-electron chi connectivity index (χ2n) is 9.21. The van der Waals surface area contributed by atoms with Crippen molar-refractivity contribution in [2.75, 3.05) is 20.6 Å². The molecule has 0 bridgehead atoms. The Balaban J connectivity index is 3.34. The lowest BCUT2D eigenvalue weighted by Crippen LogP contribution is -2.46. The van der Waals surface area contributed by atoms with E-state index in [1.807, 2.05) is 0 Å². The van der Waals surface area contributed by atoms with Crippen LogP contribution in [0.25, 0.3) is 0 Å². The summed E-state index contributed by atoms with van der Waals surface area (Å²) in [4.78, 5) is 12.4. The van der Waals surface area contributed by atoms with E-state index in [1.54, 1.807) is 0 Å². The van der Waals surface area contributed by atoms with Gasteiger partial charge in [0.1, 0.15) is 0 Å². The molecule has 0 aliphatic rings. The number of carbonyl (C=O) groups is 1. The molecule has 162 valence electrons. The third-order valence-electron chi connectivity index (χ3n) is 5.99. The normalized spacial score (nSPS) is 11.9. The molecular formula is C25H52NO+. The lowest BCUT2D eigenvalue weighted by atomic mass is 10.0. The van der Waals surface area contributed by atoms with Crippen LogP contribution in [0.5, 0.6) is 0 Å². The standard InChI is InChI=1S/C25H52NO/c1-5-7-9-10-11-12-13-14-15-16-17-18-19-20-21-23-25(27)26(3,4)24-22-8-6-2/h5-24H2,1-4H3/q+1. The van der Waals surface area contributed by atoms with Crippen LogP contribution in [0.3, 0.4) is 0 Å². The van der Waals surface area contributed by atoms with Gasteiger partial charge >= 0.3 is 5.91 Å². The first-order valence-electron chi connectivity index (χ1n) is 12.4. The molecule has 0 saturated carbocycles. The van der Waals surface area contributed by atoms with E-state index < -0.39 is 0 Å². The molecule has 0 saturated heterocycles. The van der Waals surface area contributed by atoms with Crippen molar-refractivity contribution in [3.05, 3.63) is 0 Å². The maximum absolute atomic E-state index is 12.4. The van der Waals surface area contributed by atoms with Crippen molar-refractivity contribution in [2.45, 2.75) is 136 Å². The van der Waals surface area contributed by atoms with Crippen molar-refractivity contribution < 1.29 is 9.28 Å². The Hall–Kier alpha value is -0.370. The summed E-state index contributed by atoms with van der Waals surface area (Å²) in [6.45, 7) is 5.51. The zero-order valence-corrected chi connectivity index (χ0v) is 19.5. The SMILES string of the molecule is CCCCCCCCCCCCCCCCCC(=O)[N+](C)(C)CCCCC. The summed E-state index contributed by atoms with van der Waals surface area (Å²) in [6, 6.07) is 0. The van der Waals surface area contributed by atoms with Crippen molar-refractivity contribution in [2.24, 2.45) is 0 Å². The Kier molecular flexibility index (Phi) is 18.7. The van der Waals surface area contributed by atoms with Gasteiger partial charge in [0.05, 0.1) is 27.1 Å². The van der Waals surface area contributed by atoms with E-state index in [2.05, 4.69) is 27.9 Å². The van der Waals surface area contributed by atoms with Crippen molar-refractivity contribution in [3.63, 3.8) is 0 Å². The van der Waals surface area contributed by atoms with Crippen LogP contribution in [-0.4, -0.2) is 31.0 Å². The monoisotopic (exact) mass is 382 g/mol. The number of unbranched alkanes of at least 4 members (excludes halogenated alkanes) is 16. The number of hydrogen-bond donors (Lipinski definition) is 0. The molecule has 0 aliphatic carbocycles. The smallest absolute Gasteiger partial charge is 0.265 e. The van der Waals surface area contributed by atoms with Gasteiger partial charge in [-0.25, -0.2) is 4.79 Å². The Morgan fingerprint density at radius 3 is 1.26 bits per heavy atom. The predicted octanol–water partition coefficient (Wildman–Crippen LogP) is 8.04. The molecule has 0 fully saturated rings. The first kappa shape index (κ1) is 26.6. The Morgan fingerprint density at radius 1 is 0.519 bits per heavy atom. The molecule has 0 aromatic rings. The number of carbonyl (C=O) groups excluding carboxylic acids is 1. The predicted molar refractivity (Wildman–Crippen MR) is 121 cm³/mol. The highest BCUT2D eigenvalue weighted by Gasteiger charge is 2.24. The zero-order chi connectivity index (χ0) is 20.2. The van der Waals surface area contributed by atoms with Crippen LogP contribution in [0.2, 0.25) is 0 Å². The van der Waals surface area contributed by atoms with Crippen molar-refractivity contribution in [1.29, 1.82) is 0 Å². The third-order valence-corrected chi connectivity index (χ3v) is 5.99. The molecule has 0 atom stereocenters.